The minimum atomic E-state index is -0.412. The van der Waals surface area contributed by atoms with E-state index in [9.17, 15) is 14.9 Å². The van der Waals surface area contributed by atoms with Crippen LogP contribution in [0, 0.1) is 17.2 Å². The SMILES string of the molecule is CCCCNC(=O)/C(C#N)=C/c1ccc(OC(=O)C(C)C)c(OC)c1. The highest BCUT2D eigenvalue weighted by atomic mass is 16.6. The van der Waals surface area contributed by atoms with Crippen molar-refractivity contribution in [1.82, 2.24) is 5.32 Å². The zero-order valence-electron chi connectivity index (χ0n) is 15.1. The van der Waals surface area contributed by atoms with Gasteiger partial charge in [-0.2, -0.15) is 5.26 Å². The number of amides is 1. The number of hydrogen-bond acceptors (Lipinski definition) is 5. The van der Waals surface area contributed by atoms with E-state index in [1.165, 1.54) is 13.2 Å². The summed E-state index contributed by atoms with van der Waals surface area (Å²) >= 11 is 0. The van der Waals surface area contributed by atoms with Crippen molar-refractivity contribution in [3.63, 3.8) is 0 Å². The number of nitrogens with zero attached hydrogens (tertiary/aromatic N) is 1. The van der Waals surface area contributed by atoms with E-state index in [4.69, 9.17) is 9.47 Å². The van der Waals surface area contributed by atoms with Crippen LogP contribution in [-0.2, 0) is 9.59 Å². The van der Waals surface area contributed by atoms with Crippen molar-refractivity contribution in [2.24, 2.45) is 5.92 Å². The molecule has 0 aliphatic rings. The fourth-order valence-corrected chi connectivity index (χ4v) is 1.87. The largest absolute Gasteiger partial charge is 0.493 e. The van der Waals surface area contributed by atoms with Crippen molar-refractivity contribution in [2.45, 2.75) is 33.6 Å². The minimum absolute atomic E-state index is 0.00470. The van der Waals surface area contributed by atoms with Gasteiger partial charge < -0.3 is 14.8 Å². The van der Waals surface area contributed by atoms with E-state index in [0.29, 0.717) is 23.6 Å². The number of unbranched alkanes of at least 4 members (excludes halogenated alkanes) is 1. The van der Waals surface area contributed by atoms with Crippen LogP contribution in [0.5, 0.6) is 11.5 Å². The van der Waals surface area contributed by atoms with Crippen LogP contribution >= 0.6 is 0 Å². The van der Waals surface area contributed by atoms with Gasteiger partial charge in [0.15, 0.2) is 11.5 Å². The average molecular weight is 344 g/mol. The summed E-state index contributed by atoms with van der Waals surface area (Å²) in [7, 11) is 1.46. The molecule has 0 fully saturated rings. The normalized spacial score (nSPS) is 11.0. The number of nitrogens with one attached hydrogen (secondary N) is 1. The number of nitriles is 1. The van der Waals surface area contributed by atoms with E-state index in [0.717, 1.165) is 12.8 Å². The first-order valence-electron chi connectivity index (χ1n) is 8.22. The number of esters is 1. The first-order valence-corrected chi connectivity index (χ1v) is 8.22. The highest BCUT2D eigenvalue weighted by molar-refractivity contribution is 6.01. The van der Waals surface area contributed by atoms with E-state index < -0.39 is 5.91 Å². The molecule has 6 nitrogen and oxygen atoms in total. The second-order valence-corrected chi connectivity index (χ2v) is 5.77. The van der Waals surface area contributed by atoms with Gasteiger partial charge in [-0.25, -0.2) is 0 Å². The van der Waals surface area contributed by atoms with Crippen LogP contribution in [0.2, 0.25) is 0 Å². The number of methoxy groups -OCH3 is 1. The van der Waals surface area contributed by atoms with Crippen LogP contribution in [0.15, 0.2) is 23.8 Å². The van der Waals surface area contributed by atoms with Gasteiger partial charge in [-0.15, -0.1) is 0 Å². The van der Waals surface area contributed by atoms with Gasteiger partial charge in [0, 0.05) is 6.54 Å². The topological polar surface area (TPSA) is 88.4 Å². The third-order valence-corrected chi connectivity index (χ3v) is 3.36. The van der Waals surface area contributed by atoms with Crippen LogP contribution in [0.1, 0.15) is 39.2 Å². The predicted octanol–water partition coefficient (Wildman–Crippen LogP) is 3.08. The average Bonchev–Trinajstić information content (AvgIpc) is 2.60. The fourth-order valence-electron chi connectivity index (χ4n) is 1.87. The number of benzene rings is 1. The summed E-state index contributed by atoms with van der Waals surface area (Å²) in [5.74, 6) is -0.392. The maximum absolute atomic E-state index is 12.0. The molecule has 1 rings (SSSR count). The molecule has 0 spiro atoms. The van der Waals surface area contributed by atoms with E-state index in [2.05, 4.69) is 5.32 Å². The molecular weight excluding hydrogens is 320 g/mol. The summed E-state index contributed by atoms with van der Waals surface area (Å²) in [5.41, 5.74) is 0.605. The standard InChI is InChI=1S/C19H24N2O4/c1-5-6-9-21-18(22)15(12-20)10-14-7-8-16(17(11-14)24-4)25-19(23)13(2)3/h7-8,10-11,13H,5-6,9H2,1-4H3,(H,21,22)/b15-10+. The van der Waals surface area contributed by atoms with Crippen molar-refractivity contribution < 1.29 is 19.1 Å². The van der Waals surface area contributed by atoms with Gasteiger partial charge >= 0.3 is 5.97 Å². The molecule has 25 heavy (non-hydrogen) atoms. The summed E-state index contributed by atoms with van der Waals surface area (Å²) in [6.45, 7) is 6.03. The predicted molar refractivity (Wildman–Crippen MR) is 95.0 cm³/mol. The Hall–Kier alpha value is -2.81. The third-order valence-electron chi connectivity index (χ3n) is 3.36. The summed E-state index contributed by atoms with van der Waals surface area (Å²) in [5, 5.41) is 11.9. The molecule has 0 radical (unpaired) electrons. The van der Waals surface area contributed by atoms with Crippen molar-refractivity contribution in [1.29, 1.82) is 5.26 Å². The zero-order valence-corrected chi connectivity index (χ0v) is 15.1. The number of ether oxygens (including phenoxy) is 2. The van der Waals surface area contributed by atoms with Crippen LogP contribution in [0.25, 0.3) is 6.08 Å². The molecule has 6 heteroatoms. The Morgan fingerprint density at radius 2 is 2.04 bits per heavy atom. The second-order valence-electron chi connectivity index (χ2n) is 5.77. The van der Waals surface area contributed by atoms with E-state index >= 15 is 0 Å². The van der Waals surface area contributed by atoms with E-state index in [1.54, 1.807) is 32.0 Å². The van der Waals surface area contributed by atoms with Gasteiger partial charge in [-0.1, -0.05) is 33.3 Å². The lowest BCUT2D eigenvalue weighted by Gasteiger charge is -2.11. The quantitative estimate of drug-likeness (QED) is 0.257. The summed E-state index contributed by atoms with van der Waals surface area (Å²) in [6, 6.07) is 6.74. The third kappa shape index (κ3) is 6.30. The zero-order chi connectivity index (χ0) is 18.8. The van der Waals surface area contributed by atoms with Gasteiger partial charge in [0.25, 0.3) is 5.91 Å². The van der Waals surface area contributed by atoms with Crippen molar-refractivity contribution >= 4 is 18.0 Å². The number of rotatable bonds is 8. The molecule has 0 heterocycles. The Balaban J connectivity index is 2.99. The highest BCUT2D eigenvalue weighted by Crippen LogP contribution is 2.29. The van der Waals surface area contributed by atoms with Crippen LogP contribution in [-0.4, -0.2) is 25.5 Å². The lowest BCUT2D eigenvalue weighted by atomic mass is 10.1. The first kappa shape index (κ1) is 20.2. The van der Waals surface area contributed by atoms with Gasteiger partial charge in [0.1, 0.15) is 11.6 Å². The summed E-state index contributed by atoms with van der Waals surface area (Å²) < 4.78 is 10.5. The fraction of sp³-hybridized carbons (Fsp3) is 0.421. The van der Waals surface area contributed by atoms with Gasteiger partial charge in [-0.3, -0.25) is 9.59 Å². The van der Waals surface area contributed by atoms with E-state index in [1.807, 2.05) is 13.0 Å². The van der Waals surface area contributed by atoms with Crippen LogP contribution in [0.3, 0.4) is 0 Å². The molecule has 134 valence electrons. The molecule has 0 saturated carbocycles. The van der Waals surface area contributed by atoms with Gasteiger partial charge in [0.05, 0.1) is 13.0 Å². The van der Waals surface area contributed by atoms with Crippen LogP contribution < -0.4 is 14.8 Å². The molecule has 0 atom stereocenters. The minimum Gasteiger partial charge on any atom is -0.493 e. The smallest absolute Gasteiger partial charge is 0.313 e. The molecule has 0 bridgehead atoms. The molecule has 1 N–H and O–H groups in total. The summed E-state index contributed by atoms with van der Waals surface area (Å²) in [4.78, 5) is 23.7. The molecule has 0 aliphatic carbocycles. The number of hydrogen-bond donors (Lipinski definition) is 1. The van der Waals surface area contributed by atoms with Gasteiger partial charge in [-0.05, 0) is 30.2 Å². The van der Waals surface area contributed by atoms with Crippen molar-refractivity contribution in [2.75, 3.05) is 13.7 Å². The van der Waals surface area contributed by atoms with Gasteiger partial charge in [0.2, 0.25) is 0 Å². The lowest BCUT2D eigenvalue weighted by molar-refractivity contribution is -0.137. The Bertz CT molecular complexity index is 687. The monoisotopic (exact) mass is 344 g/mol. The van der Waals surface area contributed by atoms with Crippen LogP contribution in [0.4, 0.5) is 0 Å². The highest BCUT2D eigenvalue weighted by Gasteiger charge is 2.14. The Morgan fingerprint density at radius 1 is 1.32 bits per heavy atom. The Kier molecular flexibility index (Phi) is 8.21. The Labute approximate surface area is 148 Å². The van der Waals surface area contributed by atoms with E-state index in [-0.39, 0.29) is 17.5 Å². The molecule has 0 saturated heterocycles. The maximum Gasteiger partial charge on any atom is 0.313 e. The molecule has 1 amide bonds. The molecule has 0 unspecified atom stereocenters. The second kappa shape index (κ2) is 10.1. The molecule has 0 aromatic heterocycles. The Morgan fingerprint density at radius 3 is 2.60 bits per heavy atom. The van der Waals surface area contributed by atoms with Crippen molar-refractivity contribution in [3.8, 4) is 17.6 Å². The molecular formula is C19H24N2O4. The summed E-state index contributed by atoms with van der Waals surface area (Å²) in [6.07, 6.45) is 3.28. The molecule has 1 aromatic rings. The molecule has 1 aromatic carbocycles. The first-order chi connectivity index (χ1) is 11.9. The van der Waals surface area contributed by atoms with Crippen molar-refractivity contribution in [3.05, 3.63) is 29.3 Å². The number of carbonyl (C=O) groups excluding carboxylic acids is 2. The number of carbonyl (C=O) groups is 2. The molecule has 0 aliphatic heterocycles. The lowest BCUT2D eigenvalue weighted by Crippen LogP contribution is -2.25. The maximum atomic E-state index is 12.0.